The summed E-state index contributed by atoms with van der Waals surface area (Å²) in [7, 11) is 0. The Hall–Kier alpha value is -0.650. The standard InChI is InChI=1S/C10H12BrN3S/c11-8-1-2-9(14-10(12)15)7-5-13-4-3-6(7)8/h1-2,13H,3-5H2,(H3,12,14,15). The normalized spacial score (nSPS) is 14.5. The van der Waals surface area contributed by atoms with Gasteiger partial charge in [-0.25, -0.2) is 0 Å². The number of thiocarbonyl (C=S) groups is 1. The summed E-state index contributed by atoms with van der Waals surface area (Å²) in [6.07, 6.45) is 1.03. The molecule has 0 bridgehead atoms. The minimum atomic E-state index is 0.310. The number of fused-ring (bicyclic) bond motifs is 1. The van der Waals surface area contributed by atoms with Crippen LogP contribution < -0.4 is 16.4 Å². The fraction of sp³-hybridized carbons (Fsp3) is 0.300. The Bertz CT molecular complexity index is 406. The summed E-state index contributed by atoms with van der Waals surface area (Å²) in [4.78, 5) is 0. The lowest BCUT2D eigenvalue weighted by Crippen LogP contribution is -2.27. The van der Waals surface area contributed by atoms with Gasteiger partial charge in [-0.3, -0.25) is 0 Å². The van der Waals surface area contributed by atoms with Crippen LogP contribution in [0.4, 0.5) is 5.69 Å². The molecule has 0 unspecified atom stereocenters. The summed E-state index contributed by atoms with van der Waals surface area (Å²) >= 11 is 8.41. The minimum Gasteiger partial charge on any atom is -0.376 e. The molecule has 0 amide bonds. The molecule has 1 heterocycles. The summed E-state index contributed by atoms with van der Waals surface area (Å²) < 4.78 is 1.16. The average Bonchev–Trinajstić information content (AvgIpc) is 2.22. The van der Waals surface area contributed by atoms with E-state index in [0.717, 1.165) is 29.7 Å². The van der Waals surface area contributed by atoms with Crippen LogP contribution in [-0.4, -0.2) is 11.7 Å². The lowest BCUT2D eigenvalue weighted by molar-refractivity contribution is 0.643. The van der Waals surface area contributed by atoms with Gasteiger partial charge in [-0.05, 0) is 48.4 Å². The quantitative estimate of drug-likeness (QED) is 0.688. The van der Waals surface area contributed by atoms with Gasteiger partial charge in [0.1, 0.15) is 0 Å². The zero-order valence-electron chi connectivity index (χ0n) is 8.14. The van der Waals surface area contributed by atoms with Gasteiger partial charge in [0.25, 0.3) is 0 Å². The van der Waals surface area contributed by atoms with Crippen molar-refractivity contribution in [2.45, 2.75) is 13.0 Å². The highest BCUT2D eigenvalue weighted by Gasteiger charge is 2.15. The van der Waals surface area contributed by atoms with E-state index in [0.29, 0.717) is 5.11 Å². The van der Waals surface area contributed by atoms with Gasteiger partial charge < -0.3 is 16.4 Å². The third-order valence-corrected chi connectivity index (χ3v) is 3.33. The predicted octanol–water partition coefficient (Wildman–Crippen LogP) is 1.75. The molecule has 4 N–H and O–H groups in total. The molecule has 0 fully saturated rings. The van der Waals surface area contributed by atoms with Gasteiger partial charge in [0.2, 0.25) is 0 Å². The number of benzene rings is 1. The Balaban J connectivity index is 2.43. The van der Waals surface area contributed by atoms with Crippen molar-refractivity contribution in [1.29, 1.82) is 0 Å². The molecule has 1 aromatic carbocycles. The smallest absolute Gasteiger partial charge is 0.168 e. The maximum Gasteiger partial charge on any atom is 0.168 e. The fourth-order valence-electron chi connectivity index (χ4n) is 1.81. The second kappa shape index (κ2) is 4.47. The highest BCUT2D eigenvalue weighted by atomic mass is 79.9. The van der Waals surface area contributed by atoms with Crippen molar-refractivity contribution in [3.8, 4) is 0 Å². The first kappa shape index (κ1) is 10.9. The molecular weight excluding hydrogens is 274 g/mol. The molecule has 1 aromatic rings. The van der Waals surface area contributed by atoms with Crippen molar-refractivity contribution in [1.82, 2.24) is 5.32 Å². The molecule has 3 nitrogen and oxygen atoms in total. The molecule has 0 aliphatic carbocycles. The molecule has 0 saturated carbocycles. The molecule has 15 heavy (non-hydrogen) atoms. The zero-order valence-corrected chi connectivity index (χ0v) is 10.5. The monoisotopic (exact) mass is 285 g/mol. The first-order valence-corrected chi connectivity index (χ1v) is 5.96. The molecular formula is C10H12BrN3S. The van der Waals surface area contributed by atoms with Gasteiger partial charge in [-0.1, -0.05) is 15.9 Å². The highest BCUT2D eigenvalue weighted by molar-refractivity contribution is 9.10. The van der Waals surface area contributed by atoms with E-state index in [-0.39, 0.29) is 0 Å². The van der Waals surface area contributed by atoms with Crippen LogP contribution in [-0.2, 0) is 13.0 Å². The van der Waals surface area contributed by atoms with Crippen LogP contribution in [0.2, 0.25) is 0 Å². The summed E-state index contributed by atoms with van der Waals surface area (Å²) in [6, 6.07) is 4.03. The number of anilines is 1. The Kier molecular flexibility index (Phi) is 3.23. The van der Waals surface area contributed by atoms with Crippen LogP contribution in [0.15, 0.2) is 16.6 Å². The van der Waals surface area contributed by atoms with Crippen molar-refractivity contribution < 1.29 is 0 Å². The molecule has 2 rings (SSSR count). The van der Waals surface area contributed by atoms with E-state index in [2.05, 4.69) is 26.6 Å². The molecule has 0 radical (unpaired) electrons. The second-order valence-electron chi connectivity index (χ2n) is 3.47. The molecule has 1 aliphatic heterocycles. The topological polar surface area (TPSA) is 50.1 Å². The van der Waals surface area contributed by atoms with E-state index in [9.17, 15) is 0 Å². The molecule has 5 heteroatoms. The van der Waals surface area contributed by atoms with Crippen LogP contribution in [0.1, 0.15) is 11.1 Å². The largest absolute Gasteiger partial charge is 0.376 e. The molecule has 0 atom stereocenters. The molecule has 0 saturated heterocycles. The van der Waals surface area contributed by atoms with Gasteiger partial charge >= 0.3 is 0 Å². The third kappa shape index (κ3) is 2.30. The number of nitrogens with two attached hydrogens (primary N) is 1. The van der Waals surface area contributed by atoms with Crippen molar-refractivity contribution in [2.24, 2.45) is 5.73 Å². The number of halogens is 1. The number of hydrogen-bond donors (Lipinski definition) is 3. The Morgan fingerprint density at radius 1 is 1.47 bits per heavy atom. The van der Waals surface area contributed by atoms with Gasteiger partial charge in [0.05, 0.1) is 0 Å². The van der Waals surface area contributed by atoms with Crippen LogP contribution >= 0.6 is 28.1 Å². The average molecular weight is 286 g/mol. The van der Waals surface area contributed by atoms with E-state index in [1.165, 1.54) is 11.1 Å². The lowest BCUT2D eigenvalue weighted by atomic mass is 9.99. The van der Waals surface area contributed by atoms with Gasteiger partial charge in [-0.2, -0.15) is 0 Å². The maximum atomic E-state index is 5.48. The third-order valence-electron chi connectivity index (χ3n) is 2.49. The van der Waals surface area contributed by atoms with Crippen molar-refractivity contribution in [2.75, 3.05) is 11.9 Å². The molecule has 80 valence electrons. The van der Waals surface area contributed by atoms with Crippen LogP contribution in [0.25, 0.3) is 0 Å². The Morgan fingerprint density at radius 2 is 2.27 bits per heavy atom. The van der Waals surface area contributed by atoms with Gasteiger partial charge in [-0.15, -0.1) is 0 Å². The van der Waals surface area contributed by atoms with Gasteiger partial charge in [0.15, 0.2) is 5.11 Å². The first-order valence-electron chi connectivity index (χ1n) is 4.76. The fourth-order valence-corrected chi connectivity index (χ4v) is 2.49. The molecule has 0 spiro atoms. The van der Waals surface area contributed by atoms with E-state index in [4.69, 9.17) is 18.0 Å². The van der Waals surface area contributed by atoms with Crippen molar-refractivity contribution in [3.05, 3.63) is 27.7 Å². The maximum absolute atomic E-state index is 5.48. The Morgan fingerprint density at radius 3 is 3.00 bits per heavy atom. The van der Waals surface area contributed by atoms with E-state index in [1.807, 2.05) is 12.1 Å². The van der Waals surface area contributed by atoms with Crippen LogP contribution in [0.5, 0.6) is 0 Å². The summed E-state index contributed by atoms with van der Waals surface area (Å²) in [5.74, 6) is 0. The molecule has 1 aliphatic rings. The SMILES string of the molecule is NC(=S)Nc1ccc(Br)c2c1CNCC2. The summed E-state index contributed by atoms with van der Waals surface area (Å²) in [5.41, 5.74) is 9.09. The summed E-state index contributed by atoms with van der Waals surface area (Å²) in [5, 5.41) is 6.66. The summed E-state index contributed by atoms with van der Waals surface area (Å²) in [6.45, 7) is 1.88. The predicted molar refractivity (Wildman–Crippen MR) is 70.0 cm³/mol. The number of hydrogen-bond acceptors (Lipinski definition) is 2. The van der Waals surface area contributed by atoms with Crippen LogP contribution in [0.3, 0.4) is 0 Å². The van der Waals surface area contributed by atoms with E-state index < -0.39 is 0 Å². The first-order chi connectivity index (χ1) is 7.18. The van der Waals surface area contributed by atoms with Gasteiger partial charge in [0, 0.05) is 16.7 Å². The van der Waals surface area contributed by atoms with Crippen molar-refractivity contribution >= 4 is 38.9 Å². The van der Waals surface area contributed by atoms with Crippen molar-refractivity contribution in [3.63, 3.8) is 0 Å². The second-order valence-corrected chi connectivity index (χ2v) is 4.76. The Labute approximate surface area is 103 Å². The van der Waals surface area contributed by atoms with Crippen LogP contribution in [0, 0.1) is 0 Å². The zero-order chi connectivity index (χ0) is 10.8. The lowest BCUT2D eigenvalue weighted by Gasteiger charge is -2.22. The number of rotatable bonds is 1. The molecule has 0 aromatic heterocycles. The number of nitrogens with one attached hydrogen (secondary N) is 2. The minimum absolute atomic E-state index is 0.310. The van der Waals surface area contributed by atoms with E-state index in [1.54, 1.807) is 0 Å². The highest BCUT2D eigenvalue weighted by Crippen LogP contribution is 2.29. The van der Waals surface area contributed by atoms with E-state index >= 15 is 0 Å².